The lowest BCUT2D eigenvalue weighted by Gasteiger charge is -2.28. The van der Waals surface area contributed by atoms with E-state index in [1.807, 2.05) is 31.3 Å². The van der Waals surface area contributed by atoms with Crippen LogP contribution in [0.1, 0.15) is 18.1 Å². The van der Waals surface area contributed by atoms with E-state index in [2.05, 4.69) is 97.5 Å². The molecule has 0 N–H and O–H groups in total. The quantitative estimate of drug-likeness (QED) is 0.204. The summed E-state index contributed by atoms with van der Waals surface area (Å²) in [6, 6.07) is 20.7. The van der Waals surface area contributed by atoms with Gasteiger partial charge in [-0.1, -0.05) is 12.1 Å². The van der Waals surface area contributed by atoms with Gasteiger partial charge < -0.3 is 19.1 Å². The van der Waals surface area contributed by atoms with Crippen molar-refractivity contribution >= 4 is 62.8 Å². The van der Waals surface area contributed by atoms with Gasteiger partial charge >= 0.3 is 0 Å². The highest BCUT2D eigenvalue weighted by Gasteiger charge is 2.13. The highest BCUT2D eigenvalue weighted by Crippen LogP contribution is 2.35. The fourth-order valence-corrected chi connectivity index (χ4v) is 4.66. The molecule has 1 fully saturated rings. The van der Waals surface area contributed by atoms with Crippen LogP contribution < -0.4 is 14.4 Å². The lowest BCUT2D eigenvalue weighted by atomic mass is 10.2. The van der Waals surface area contributed by atoms with Crippen molar-refractivity contribution in [3.63, 3.8) is 0 Å². The second-order valence-corrected chi connectivity index (χ2v) is 9.96. The van der Waals surface area contributed by atoms with Crippen LogP contribution in [0.15, 0.2) is 65.7 Å². The van der Waals surface area contributed by atoms with Gasteiger partial charge in [-0.3, -0.25) is 4.99 Å². The van der Waals surface area contributed by atoms with Crippen molar-refractivity contribution in [3.05, 3.63) is 78.9 Å². The lowest BCUT2D eigenvalue weighted by Crippen LogP contribution is -2.36. The molecule has 0 radical (unpaired) electrons. The number of ether oxygens (including phenoxy) is 3. The van der Waals surface area contributed by atoms with Gasteiger partial charge in [0.15, 0.2) is 11.5 Å². The molecule has 1 aliphatic heterocycles. The van der Waals surface area contributed by atoms with Gasteiger partial charge in [0.1, 0.15) is 6.61 Å². The third-order valence-electron chi connectivity index (χ3n) is 5.22. The van der Waals surface area contributed by atoms with Crippen LogP contribution in [-0.4, -0.2) is 39.1 Å². The van der Waals surface area contributed by atoms with Crippen LogP contribution in [0.3, 0.4) is 0 Å². The van der Waals surface area contributed by atoms with Gasteiger partial charge in [0.2, 0.25) is 0 Å². The summed E-state index contributed by atoms with van der Waals surface area (Å²) < 4.78 is 19.7. The second-order valence-electron chi connectivity index (χ2n) is 7.55. The first-order valence-corrected chi connectivity index (χ1v) is 13.1. The molecule has 0 aliphatic carbocycles. The Morgan fingerprint density at radius 2 is 1.70 bits per heavy atom. The Bertz CT molecular complexity index is 1080. The van der Waals surface area contributed by atoms with Crippen LogP contribution in [0.2, 0.25) is 0 Å². The van der Waals surface area contributed by atoms with Gasteiger partial charge in [-0.25, -0.2) is 0 Å². The third-order valence-corrected chi connectivity index (χ3v) is 6.74. The maximum Gasteiger partial charge on any atom is 0.175 e. The normalized spacial score (nSPS) is 14.0. The maximum atomic E-state index is 6.14. The van der Waals surface area contributed by atoms with E-state index in [0.29, 0.717) is 13.2 Å². The van der Waals surface area contributed by atoms with Crippen LogP contribution in [-0.2, 0) is 11.3 Å². The Balaban J connectivity index is 1.47. The van der Waals surface area contributed by atoms with E-state index in [1.54, 1.807) is 0 Å². The van der Waals surface area contributed by atoms with Crippen molar-refractivity contribution in [2.24, 2.45) is 4.99 Å². The maximum absolute atomic E-state index is 6.14. The van der Waals surface area contributed by atoms with Crippen LogP contribution in [0, 0.1) is 7.14 Å². The number of benzene rings is 3. The zero-order valence-electron chi connectivity index (χ0n) is 18.5. The number of anilines is 1. The summed E-state index contributed by atoms with van der Waals surface area (Å²) in [5.74, 6) is 1.50. The van der Waals surface area contributed by atoms with Crippen LogP contribution in [0.25, 0.3) is 0 Å². The van der Waals surface area contributed by atoms with E-state index < -0.39 is 0 Å². The van der Waals surface area contributed by atoms with E-state index in [-0.39, 0.29) is 0 Å². The van der Waals surface area contributed by atoms with Crippen molar-refractivity contribution in [2.45, 2.75) is 13.5 Å². The van der Waals surface area contributed by atoms with E-state index in [4.69, 9.17) is 14.2 Å². The van der Waals surface area contributed by atoms with Crippen molar-refractivity contribution in [1.82, 2.24) is 0 Å². The summed E-state index contributed by atoms with van der Waals surface area (Å²) >= 11 is 4.60. The van der Waals surface area contributed by atoms with Gasteiger partial charge in [-0.15, -0.1) is 0 Å². The monoisotopic (exact) mass is 668 g/mol. The molecule has 33 heavy (non-hydrogen) atoms. The standard InChI is InChI=1S/C26H26I2N2O3/c1-2-32-25-16-20(15-24(28)26(25)33-18-19-3-5-21(27)6-4-19)17-29-22-7-9-23(10-8-22)30-11-13-31-14-12-30/h3-10,15-17H,2,11-14,18H2,1H3. The van der Waals surface area contributed by atoms with Crippen LogP contribution >= 0.6 is 45.2 Å². The van der Waals surface area contributed by atoms with E-state index in [0.717, 1.165) is 58.2 Å². The molecule has 0 atom stereocenters. The van der Waals surface area contributed by atoms with Crippen molar-refractivity contribution in [2.75, 3.05) is 37.8 Å². The molecule has 4 rings (SSSR count). The second kappa shape index (κ2) is 12.0. The number of aliphatic imine (C=N–C) groups is 1. The van der Waals surface area contributed by atoms with Gasteiger partial charge in [0, 0.05) is 28.6 Å². The predicted octanol–water partition coefficient (Wildman–Crippen LogP) is 6.46. The first-order valence-electron chi connectivity index (χ1n) is 10.9. The molecule has 7 heteroatoms. The summed E-state index contributed by atoms with van der Waals surface area (Å²) in [6.45, 7) is 6.47. The van der Waals surface area contributed by atoms with Crippen LogP contribution in [0.4, 0.5) is 11.4 Å². The molecule has 1 heterocycles. The number of hydrogen-bond acceptors (Lipinski definition) is 5. The number of morpholine rings is 1. The first kappa shape index (κ1) is 24.3. The first-order chi connectivity index (χ1) is 16.1. The molecule has 1 aliphatic rings. The summed E-state index contributed by atoms with van der Waals surface area (Å²) in [6.07, 6.45) is 1.87. The van der Waals surface area contributed by atoms with E-state index >= 15 is 0 Å². The summed E-state index contributed by atoms with van der Waals surface area (Å²) in [5.41, 5.74) is 4.22. The molecule has 0 amide bonds. The average molecular weight is 668 g/mol. The molecule has 0 unspecified atom stereocenters. The molecule has 0 saturated carbocycles. The lowest BCUT2D eigenvalue weighted by molar-refractivity contribution is 0.122. The Kier molecular flexibility index (Phi) is 8.85. The molecule has 5 nitrogen and oxygen atoms in total. The topological polar surface area (TPSA) is 43.3 Å². The minimum atomic E-state index is 0.496. The third kappa shape index (κ3) is 6.83. The van der Waals surface area contributed by atoms with Gasteiger partial charge in [0.25, 0.3) is 0 Å². The average Bonchev–Trinajstić information content (AvgIpc) is 2.84. The molecule has 0 aromatic heterocycles. The largest absolute Gasteiger partial charge is 0.490 e. The highest BCUT2D eigenvalue weighted by atomic mass is 127. The van der Waals surface area contributed by atoms with E-state index in [9.17, 15) is 0 Å². The van der Waals surface area contributed by atoms with Crippen molar-refractivity contribution in [3.8, 4) is 11.5 Å². The SMILES string of the molecule is CCOc1cc(C=Nc2ccc(N3CCOCC3)cc2)cc(I)c1OCc1ccc(I)cc1. The minimum absolute atomic E-state index is 0.496. The summed E-state index contributed by atoms with van der Waals surface area (Å²) in [5, 5.41) is 0. The number of hydrogen-bond donors (Lipinski definition) is 0. The summed E-state index contributed by atoms with van der Waals surface area (Å²) in [4.78, 5) is 7.00. The fourth-order valence-electron chi connectivity index (χ4n) is 3.52. The molecule has 0 spiro atoms. The minimum Gasteiger partial charge on any atom is -0.490 e. The Hall–Kier alpha value is -1.85. The smallest absolute Gasteiger partial charge is 0.175 e. The van der Waals surface area contributed by atoms with Crippen molar-refractivity contribution < 1.29 is 14.2 Å². The molecule has 3 aromatic rings. The zero-order chi connectivity index (χ0) is 23.0. The van der Waals surface area contributed by atoms with Crippen LogP contribution in [0.5, 0.6) is 11.5 Å². The predicted molar refractivity (Wildman–Crippen MR) is 151 cm³/mol. The highest BCUT2D eigenvalue weighted by molar-refractivity contribution is 14.1. The van der Waals surface area contributed by atoms with Crippen molar-refractivity contribution in [1.29, 1.82) is 0 Å². The fraction of sp³-hybridized carbons (Fsp3) is 0.269. The zero-order valence-corrected chi connectivity index (χ0v) is 22.8. The number of nitrogens with zero attached hydrogens (tertiary/aromatic N) is 2. The Labute approximate surface area is 222 Å². The number of halogens is 2. The Morgan fingerprint density at radius 1 is 0.970 bits per heavy atom. The number of rotatable bonds is 8. The van der Waals surface area contributed by atoms with Gasteiger partial charge in [-0.05, 0) is 112 Å². The molecular formula is C26H26I2N2O3. The summed E-state index contributed by atoms with van der Waals surface area (Å²) in [7, 11) is 0. The Morgan fingerprint density at radius 3 is 2.39 bits per heavy atom. The molecule has 172 valence electrons. The molecule has 0 bridgehead atoms. The molecule has 3 aromatic carbocycles. The van der Waals surface area contributed by atoms with Gasteiger partial charge in [-0.2, -0.15) is 0 Å². The molecule has 1 saturated heterocycles. The van der Waals surface area contributed by atoms with E-state index in [1.165, 1.54) is 9.26 Å². The van der Waals surface area contributed by atoms with Gasteiger partial charge in [0.05, 0.1) is 29.1 Å². The molecular weight excluding hydrogens is 642 g/mol.